The summed E-state index contributed by atoms with van der Waals surface area (Å²) in [5, 5.41) is 19.9. The molecule has 0 saturated heterocycles. The molecule has 2 aromatic rings. The van der Waals surface area contributed by atoms with Crippen molar-refractivity contribution in [2.75, 3.05) is 0 Å². The second-order valence-electron chi connectivity index (χ2n) is 4.34. The van der Waals surface area contributed by atoms with E-state index in [1.165, 1.54) is 0 Å². The quantitative estimate of drug-likeness (QED) is 0.741. The number of H-pyrrole nitrogens is 1. The summed E-state index contributed by atoms with van der Waals surface area (Å²) in [6, 6.07) is 3.93. The predicted octanol–water partition coefficient (Wildman–Crippen LogP) is 2.28. The van der Waals surface area contributed by atoms with E-state index in [4.69, 9.17) is 0 Å². The Morgan fingerprint density at radius 1 is 1.25 bits per heavy atom. The third kappa shape index (κ3) is 1.62. The van der Waals surface area contributed by atoms with Gasteiger partial charge in [0.15, 0.2) is 0 Å². The van der Waals surface area contributed by atoms with Gasteiger partial charge in [-0.1, -0.05) is 13.8 Å². The summed E-state index contributed by atoms with van der Waals surface area (Å²) in [5.41, 5.74) is 3.86. The van der Waals surface area contributed by atoms with Crippen LogP contribution in [-0.2, 0) is 13.2 Å². The van der Waals surface area contributed by atoms with Gasteiger partial charge >= 0.3 is 0 Å². The lowest BCUT2D eigenvalue weighted by molar-refractivity contribution is 0.273. The molecule has 0 aliphatic heterocycles. The molecule has 1 heterocycles. The van der Waals surface area contributed by atoms with E-state index in [1.807, 2.05) is 18.3 Å². The maximum Gasteiger partial charge on any atom is 0.0691 e. The van der Waals surface area contributed by atoms with Crippen molar-refractivity contribution in [1.82, 2.24) is 4.98 Å². The third-order valence-electron chi connectivity index (χ3n) is 3.00. The van der Waals surface area contributed by atoms with Crippen LogP contribution in [0, 0.1) is 0 Å². The van der Waals surface area contributed by atoms with Gasteiger partial charge in [-0.2, -0.15) is 0 Å². The Bertz CT molecular complexity index is 500. The first-order chi connectivity index (χ1) is 7.69. The molecule has 0 spiro atoms. The van der Waals surface area contributed by atoms with Crippen molar-refractivity contribution in [2.24, 2.45) is 0 Å². The largest absolute Gasteiger partial charge is 0.392 e. The van der Waals surface area contributed by atoms with E-state index >= 15 is 0 Å². The van der Waals surface area contributed by atoms with Crippen molar-refractivity contribution in [1.29, 1.82) is 0 Å². The van der Waals surface area contributed by atoms with Gasteiger partial charge < -0.3 is 15.2 Å². The van der Waals surface area contributed by atoms with Crippen LogP contribution in [0.15, 0.2) is 18.3 Å². The number of aliphatic hydroxyl groups excluding tert-OH is 2. The Balaban J connectivity index is 2.80. The monoisotopic (exact) mass is 219 g/mol. The summed E-state index contributed by atoms with van der Waals surface area (Å²) in [4.78, 5) is 3.11. The van der Waals surface area contributed by atoms with Gasteiger partial charge in [0.1, 0.15) is 0 Å². The molecule has 1 aromatic heterocycles. The number of aromatic nitrogens is 1. The van der Waals surface area contributed by atoms with Gasteiger partial charge in [0.25, 0.3) is 0 Å². The fraction of sp³-hybridized carbons (Fsp3) is 0.385. The smallest absolute Gasteiger partial charge is 0.0691 e. The molecule has 86 valence electrons. The Kier molecular flexibility index (Phi) is 2.99. The van der Waals surface area contributed by atoms with Gasteiger partial charge in [0.05, 0.1) is 13.2 Å². The zero-order valence-corrected chi connectivity index (χ0v) is 9.62. The van der Waals surface area contributed by atoms with Gasteiger partial charge in [-0.15, -0.1) is 0 Å². The van der Waals surface area contributed by atoms with Gasteiger partial charge in [0, 0.05) is 17.1 Å². The number of fused-ring (bicyclic) bond motifs is 1. The first kappa shape index (κ1) is 11.2. The van der Waals surface area contributed by atoms with Crippen LogP contribution in [0.1, 0.15) is 36.5 Å². The van der Waals surface area contributed by atoms with Gasteiger partial charge in [-0.3, -0.25) is 0 Å². The average Bonchev–Trinajstić information content (AvgIpc) is 2.73. The number of aliphatic hydroxyl groups is 2. The van der Waals surface area contributed by atoms with Crippen molar-refractivity contribution in [3.05, 3.63) is 35.0 Å². The summed E-state index contributed by atoms with van der Waals surface area (Å²) in [6.07, 6.45) is 1.86. The standard InChI is InChI=1S/C13H17NO2/c1-8(2)13-9(6-15)5-12-10(3-4-14-12)11(13)7-16/h3-5,8,14-16H,6-7H2,1-2H3. The van der Waals surface area contributed by atoms with Crippen molar-refractivity contribution < 1.29 is 10.2 Å². The third-order valence-corrected chi connectivity index (χ3v) is 3.00. The van der Waals surface area contributed by atoms with E-state index in [0.29, 0.717) is 5.92 Å². The maximum absolute atomic E-state index is 9.51. The van der Waals surface area contributed by atoms with Crippen molar-refractivity contribution in [3.63, 3.8) is 0 Å². The number of hydrogen-bond donors (Lipinski definition) is 3. The molecule has 0 amide bonds. The molecule has 0 saturated carbocycles. The van der Waals surface area contributed by atoms with E-state index in [0.717, 1.165) is 27.6 Å². The molecule has 0 radical (unpaired) electrons. The molecule has 0 unspecified atom stereocenters. The minimum absolute atomic E-state index is 0.00940. The summed E-state index contributed by atoms with van der Waals surface area (Å²) in [6.45, 7) is 4.17. The fourth-order valence-electron chi connectivity index (χ4n) is 2.38. The molecule has 0 atom stereocenters. The number of hydrogen-bond acceptors (Lipinski definition) is 2. The summed E-state index contributed by atoms with van der Waals surface area (Å²) < 4.78 is 0. The molecule has 0 fully saturated rings. The summed E-state index contributed by atoms with van der Waals surface area (Å²) >= 11 is 0. The van der Waals surface area contributed by atoms with E-state index in [1.54, 1.807) is 0 Å². The Morgan fingerprint density at radius 2 is 2.00 bits per heavy atom. The van der Waals surface area contributed by atoms with E-state index in [-0.39, 0.29) is 13.2 Å². The lowest BCUT2D eigenvalue weighted by Crippen LogP contribution is -2.03. The van der Waals surface area contributed by atoms with E-state index in [2.05, 4.69) is 18.8 Å². The highest BCUT2D eigenvalue weighted by Gasteiger charge is 2.15. The first-order valence-corrected chi connectivity index (χ1v) is 5.52. The van der Waals surface area contributed by atoms with Crippen LogP contribution in [0.5, 0.6) is 0 Å². The van der Waals surface area contributed by atoms with Crippen LogP contribution in [0.3, 0.4) is 0 Å². The normalized spacial score (nSPS) is 11.6. The van der Waals surface area contributed by atoms with E-state index < -0.39 is 0 Å². The van der Waals surface area contributed by atoms with Crippen LogP contribution in [0.4, 0.5) is 0 Å². The highest BCUT2D eigenvalue weighted by atomic mass is 16.3. The highest BCUT2D eigenvalue weighted by molar-refractivity contribution is 5.85. The molecule has 3 N–H and O–H groups in total. The molecule has 3 heteroatoms. The topological polar surface area (TPSA) is 56.2 Å². The SMILES string of the molecule is CC(C)c1c(CO)cc2[nH]ccc2c1CO. The van der Waals surface area contributed by atoms with Crippen LogP contribution in [0.2, 0.25) is 0 Å². The number of nitrogens with one attached hydrogen (secondary N) is 1. The number of aromatic amines is 1. The average molecular weight is 219 g/mol. The first-order valence-electron chi connectivity index (χ1n) is 5.52. The van der Waals surface area contributed by atoms with Crippen LogP contribution in [0.25, 0.3) is 10.9 Å². The summed E-state index contributed by atoms with van der Waals surface area (Å²) in [7, 11) is 0. The lowest BCUT2D eigenvalue weighted by Gasteiger charge is -2.17. The van der Waals surface area contributed by atoms with Gasteiger partial charge in [-0.05, 0) is 34.7 Å². The maximum atomic E-state index is 9.51. The summed E-state index contributed by atoms with van der Waals surface area (Å²) in [5.74, 6) is 0.295. The molecule has 3 nitrogen and oxygen atoms in total. The van der Waals surface area contributed by atoms with Crippen molar-refractivity contribution in [3.8, 4) is 0 Å². The van der Waals surface area contributed by atoms with Crippen molar-refractivity contribution in [2.45, 2.75) is 33.0 Å². The second kappa shape index (κ2) is 4.28. The van der Waals surface area contributed by atoms with Crippen LogP contribution < -0.4 is 0 Å². The molecule has 0 bridgehead atoms. The number of benzene rings is 1. The Hall–Kier alpha value is -1.32. The Morgan fingerprint density at radius 3 is 2.56 bits per heavy atom. The molecule has 16 heavy (non-hydrogen) atoms. The molecule has 2 rings (SSSR count). The van der Waals surface area contributed by atoms with E-state index in [9.17, 15) is 10.2 Å². The molecule has 1 aromatic carbocycles. The van der Waals surface area contributed by atoms with Gasteiger partial charge in [0.2, 0.25) is 0 Å². The molecule has 0 aliphatic rings. The minimum Gasteiger partial charge on any atom is -0.392 e. The van der Waals surface area contributed by atoms with Crippen LogP contribution >= 0.6 is 0 Å². The Labute approximate surface area is 94.7 Å². The highest BCUT2D eigenvalue weighted by Crippen LogP contribution is 2.31. The molecular formula is C13H17NO2. The second-order valence-corrected chi connectivity index (χ2v) is 4.34. The molecular weight excluding hydrogens is 202 g/mol. The van der Waals surface area contributed by atoms with Gasteiger partial charge in [-0.25, -0.2) is 0 Å². The zero-order chi connectivity index (χ0) is 11.7. The number of rotatable bonds is 3. The molecule has 0 aliphatic carbocycles. The predicted molar refractivity (Wildman–Crippen MR) is 64.2 cm³/mol. The minimum atomic E-state index is 0.00940. The lowest BCUT2D eigenvalue weighted by atomic mass is 9.90. The van der Waals surface area contributed by atoms with Crippen molar-refractivity contribution >= 4 is 10.9 Å². The zero-order valence-electron chi connectivity index (χ0n) is 9.62. The van der Waals surface area contributed by atoms with Crippen LogP contribution in [-0.4, -0.2) is 15.2 Å². The fourth-order valence-corrected chi connectivity index (χ4v) is 2.38.